The third-order valence-electron chi connectivity index (χ3n) is 10.0. The average molecular weight is 765 g/mol. The van der Waals surface area contributed by atoms with Gasteiger partial charge in [0.2, 0.25) is 0 Å². The first-order valence-electron chi connectivity index (χ1n) is 18.5. The van der Waals surface area contributed by atoms with Crippen LogP contribution in [-0.4, -0.2) is 120 Å². The summed E-state index contributed by atoms with van der Waals surface area (Å²) in [5.41, 5.74) is 1.10. The lowest BCUT2D eigenvalue weighted by Crippen LogP contribution is -2.49. The molecule has 0 unspecified atom stereocenters. The van der Waals surface area contributed by atoms with Gasteiger partial charge in [-0.05, 0) is 49.4 Å². The van der Waals surface area contributed by atoms with Crippen molar-refractivity contribution in [3.8, 4) is 11.3 Å². The van der Waals surface area contributed by atoms with Crippen molar-refractivity contribution in [1.82, 2.24) is 30.0 Å². The van der Waals surface area contributed by atoms with Crippen molar-refractivity contribution < 1.29 is 47.3 Å². The van der Waals surface area contributed by atoms with Crippen molar-refractivity contribution in [2.24, 2.45) is 11.8 Å². The van der Waals surface area contributed by atoms with Gasteiger partial charge in [0.15, 0.2) is 0 Å². The zero-order chi connectivity index (χ0) is 38.9. The Hall–Kier alpha value is -5.03. The summed E-state index contributed by atoms with van der Waals surface area (Å²) in [4.78, 5) is 58.0. The van der Waals surface area contributed by atoms with Crippen LogP contribution in [0.4, 0.5) is 13.6 Å². The number of imide groups is 1. The molecular formula is C39H46F2N6O8. The van der Waals surface area contributed by atoms with E-state index in [1.807, 2.05) is 34.9 Å². The number of hydrogen-bond acceptors (Lipinski definition) is 10. The molecule has 3 aliphatic heterocycles. The Kier molecular flexibility index (Phi) is 13.4. The Morgan fingerprint density at radius 1 is 1.07 bits per heavy atom. The topological polar surface area (TPSA) is 165 Å². The molecule has 55 heavy (non-hydrogen) atoms. The van der Waals surface area contributed by atoms with E-state index >= 15 is 4.39 Å². The van der Waals surface area contributed by atoms with Crippen LogP contribution in [0.25, 0.3) is 11.3 Å². The molecule has 4 amide bonds. The maximum Gasteiger partial charge on any atom is 0.407 e. The summed E-state index contributed by atoms with van der Waals surface area (Å²) in [6.07, 6.45) is 2.50. The second kappa shape index (κ2) is 18.5. The van der Waals surface area contributed by atoms with Crippen molar-refractivity contribution >= 4 is 23.8 Å². The predicted molar refractivity (Wildman–Crippen MR) is 194 cm³/mol. The highest BCUT2D eigenvalue weighted by Gasteiger charge is 2.42. The molecule has 2 aromatic carbocycles. The monoisotopic (exact) mass is 764 g/mol. The summed E-state index contributed by atoms with van der Waals surface area (Å²) in [5.74, 6) is -2.73. The molecule has 3 aromatic rings. The summed E-state index contributed by atoms with van der Waals surface area (Å²) in [5, 5.41) is 16.7. The van der Waals surface area contributed by atoms with Crippen LogP contribution in [0, 0.1) is 23.5 Å². The zero-order valence-electron chi connectivity index (χ0n) is 30.6. The number of ether oxygens (including phenoxy) is 3. The number of benzene rings is 2. The van der Waals surface area contributed by atoms with Gasteiger partial charge in [-0.3, -0.25) is 19.3 Å². The van der Waals surface area contributed by atoms with Gasteiger partial charge in [0.1, 0.15) is 29.7 Å². The normalized spacial score (nSPS) is 19.8. The van der Waals surface area contributed by atoms with Crippen LogP contribution in [0.1, 0.15) is 37.2 Å². The van der Waals surface area contributed by atoms with Crippen LogP contribution < -0.4 is 10.6 Å². The number of amides is 4. The molecule has 16 heteroatoms. The molecule has 2 saturated heterocycles. The lowest BCUT2D eigenvalue weighted by Gasteiger charge is -2.40. The molecule has 0 spiro atoms. The number of aliphatic hydroxyl groups is 1. The number of nitrogens with one attached hydrogen (secondary N) is 2. The van der Waals surface area contributed by atoms with E-state index in [1.165, 1.54) is 19.1 Å². The molecule has 4 atom stereocenters. The quantitative estimate of drug-likeness (QED) is 0.146. The summed E-state index contributed by atoms with van der Waals surface area (Å²) < 4.78 is 48.5. The van der Waals surface area contributed by atoms with Crippen LogP contribution in [0.15, 0.2) is 66.9 Å². The van der Waals surface area contributed by atoms with Crippen LogP contribution in [0.5, 0.6) is 0 Å². The second-order valence-corrected chi connectivity index (χ2v) is 13.8. The lowest BCUT2D eigenvalue weighted by molar-refractivity contribution is -0.146. The Labute approximate surface area is 317 Å². The fourth-order valence-electron chi connectivity index (χ4n) is 7.21. The molecule has 14 nitrogen and oxygen atoms in total. The molecular weight excluding hydrogens is 718 g/mol. The van der Waals surface area contributed by atoms with Crippen LogP contribution in [0.3, 0.4) is 0 Å². The largest absolute Gasteiger partial charge is 0.444 e. The molecule has 4 heterocycles. The van der Waals surface area contributed by atoms with Crippen LogP contribution in [0.2, 0.25) is 0 Å². The smallest absolute Gasteiger partial charge is 0.407 e. The van der Waals surface area contributed by atoms with Crippen molar-refractivity contribution in [2.75, 3.05) is 59.2 Å². The van der Waals surface area contributed by atoms with Gasteiger partial charge < -0.3 is 39.4 Å². The van der Waals surface area contributed by atoms with Gasteiger partial charge in [0, 0.05) is 75.8 Å². The first-order valence-corrected chi connectivity index (χ1v) is 18.5. The van der Waals surface area contributed by atoms with Gasteiger partial charge in [0.05, 0.1) is 31.5 Å². The van der Waals surface area contributed by atoms with E-state index in [-0.39, 0.29) is 55.9 Å². The fourth-order valence-corrected chi connectivity index (χ4v) is 7.21. The molecule has 6 rings (SSSR count). The van der Waals surface area contributed by atoms with E-state index in [0.29, 0.717) is 51.5 Å². The number of alkyl carbamates (subject to hydrolysis) is 1. The number of hydrogen-bond donors (Lipinski definition) is 3. The van der Waals surface area contributed by atoms with Gasteiger partial charge in [-0.2, -0.15) is 0 Å². The minimum atomic E-state index is -1.38. The number of nitrogens with zero attached hydrogens (tertiary/aromatic N) is 4. The predicted octanol–water partition coefficient (Wildman–Crippen LogP) is 2.81. The number of halogens is 2. The summed E-state index contributed by atoms with van der Waals surface area (Å²) in [7, 11) is 0. The van der Waals surface area contributed by atoms with Crippen LogP contribution in [-0.2, 0) is 35.1 Å². The number of aromatic nitrogens is 2. The maximum atomic E-state index is 15.2. The number of rotatable bonds is 16. The van der Waals surface area contributed by atoms with Gasteiger partial charge in [-0.1, -0.05) is 30.3 Å². The van der Waals surface area contributed by atoms with Gasteiger partial charge in [-0.25, -0.2) is 18.6 Å². The summed E-state index contributed by atoms with van der Waals surface area (Å²) >= 11 is 0. The molecule has 3 N–H and O–H groups in total. The van der Waals surface area contributed by atoms with Gasteiger partial charge >= 0.3 is 6.09 Å². The van der Waals surface area contributed by atoms with Crippen molar-refractivity contribution in [2.45, 2.75) is 44.6 Å². The summed E-state index contributed by atoms with van der Waals surface area (Å²) in [6, 6.07) is 12.0. The Balaban J connectivity index is 1.22. The van der Waals surface area contributed by atoms with E-state index in [1.54, 1.807) is 11.1 Å². The Morgan fingerprint density at radius 2 is 1.82 bits per heavy atom. The molecule has 2 fully saturated rings. The average Bonchev–Trinajstić information content (AvgIpc) is 3.89. The first kappa shape index (κ1) is 39.7. The van der Waals surface area contributed by atoms with E-state index in [2.05, 4.69) is 10.6 Å². The second-order valence-electron chi connectivity index (χ2n) is 13.8. The van der Waals surface area contributed by atoms with Gasteiger partial charge in [-0.15, -0.1) is 0 Å². The number of aliphatic hydroxyl groups excluding tert-OH is 1. The molecule has 3 aliphatic rings. The highest BCUT2D eigenvalue weighted by atomic mass is 19.1. The van der Waals surface area contributed by atoms with E-state index < -0.39 is 53.7 Å². The van der Waals surface area contributed by atoms with Crippen molar-refractivity contribution in [1.29, 1.82) is 0 Å². The molecule has 0 bridgehead atoms. The SMILES string of the molecule is C[C@H](O)C(=O)N(C[C@@H]1CNC[C@H]1OC(=O)NCCOCCN1C(=O)C=CC1=O)[C@@H](c1nc(-c2cc(F)ccc2F)cn1Cc1ccccc1)C1CCOCC1. The highest BCUT2D eigenvalue weighted by Crippen LogP contribution is 2.38. The first-order chi connectivity index (χ1) is 26.6. The highest BCUT2D eigenvalue weighted by molar-refractivity contribution is 6.12. The third-order valence-corrected chi connectivity index (χ3v) is 10.0. The number of imidazole rings is 1. The Bertz CT molecular complexity index is 1830. The van der Waals surface area contributed by atoms with E-state index in [0.717, 1.165) is 28.7 Å². The third kappa shape index (κ3) is 9.99. The summed E-state index contributed by atoms with van der Waals surface area (Å²) in [6.45, 7) is 3.85. The lowest BCUT2D eigenvalue weighted by atomic mass is 9.88. The molecule has 0 saturated carbocycles. The molecule has 1 aromatic heterocycles. The maximum absolute atomic E-state index is 15.2. The minimum absolute atomic E-state index is 0.0221. The number of carbonyl (C=O) groups excluding carboxylic acids is 4. The number of carbonyl (C=O) groups is 4. The standard InChI is InChI=1S/C39H46F2N6O8/c1-25(48)38(51)47(23-28-20-42-21-33(28)55-39(52)43-13-17-54-18-14-46-34(49)9-10-35(46)50)36(27-11-15-53-16-12-27)37-44-32(30-19-29(40)7-8-31(30)41)24-45(37)22-26-5-3-2-4-6-26/h2-10,19,24-25,27-28,33,36,42,48H,11-18,20-23H2,1H3,(H,43,52)/t25-,28-,33+,36+/m0/s1. The van der Waals surface area contributed by atoms with Gasteiger partial charge in [0.25, 0.3) is 17.7 Å². The van der Waals surface area contributed by atoms with Crippen molar-refractivity contribution in [3.05, 3.63) is 89.9 Å². The molecule has 294 valence electrons. The van der Waals surface area contributed by atoms with Crippen molar-refractivity contribution in [3.63, 3.8) is 0 Å². The van der Waals surface area contributed by atoms with Crippen LogP contribution >= 0.6 is 0 Å². The fraction of sp³-hybridized carbons (Fsp3) is 0.462. The minimum Gasteiger partial charge on any atom is -0.444 e. The molecule has 0 radical (unpaired) electrons. The van der Waals surface area contributed by atoms with E-state index in [9.17, 15) is 28.7 Å². The zero-order valence-corrected chi connectivity index (χ0v) is 30.6. The Morgan fingerprint density at radius 3 is 2.55 bits per heavy atom. The molecule has 0 aliphatic carbocycles. The van der Waals surface area contributed by atoms with E-state index in [4.69, 9.17) is 19.2 Å².